The minimum atomic E-state index is -0.280. The maximum atomic E-state index is 12.9. The molecule has 0 atom stereocenters. The molecule has 3 heterocycles. The molecule has 0 radical (unpaired) electrons. The molecule has 0 spiro atoms. The zero-order valence-corrected chi connectivity index (χ0v) is 15.6. The number of ether oxygens (including phenoxy) is 2. The van der Waals surface area contributed by atoms with E-state index in [-0.39, 0.29) is 5.91 Å². The summed E-state index contributed by atoms with van der Waals surface area (Å²) < 4.78 is 11.2. The lowest BCUT2D eigenvalue weighted by Gasteiger charge is -2.22. The van der Waals surface area contributed by atoms with E-state index in [0.29, 0.717) is 47.7 Å². The number of fused-ring (bicyclic) bond motifs is 1. The van der Waals surface area contributed by atoms with Crippen LogP contribution in [0.4, 0.5) is 17.5 Å². The van der Waals surface area contributed by atoms with Gasteiger partial charge in [0.05, 0.1) is 11.8 Å². The number of hydrogen-bond acceptors (Lipinski definition) is 7. The number of benzene rings is 1. The summed E-state index contributed by atoms with van der Waals surface area (Å²) in [4.78, 5) is 26.0. The van der Waals surface area contributed by atoms with E-state index >= 15 is 0 Å². The molecule has 0 bridgehead atoms. The van der Waals surface area contributed by atoms with Crippen LogP contribution in [-0.4, -0.2) is 56.3 Å². The minimum absolute atomic E-state index is 0.280. The van der Waals surface area contributed by atoms with Crippen LogP contribution in [0.5, 0.6) is 11.5 Å². The second-order valence-corrected chi connectivity index (χ2v) is 6.78. The van der Waals surface area contributed by atoms with Crippen molar-refractivity contribution in [3.05, 3.63) is 30.0 Å². The highest BCUT2D eigenvalue weighted by Crippen LogP contribution is 2.34. The highest BCUT2D eigenvalue weighted by Gasteiger charge is 2.23. The van der Waals surface area contributed by atoms with Gasteiger partial charge in [-0.25, -0.2) is 4.98 Å². The smallest absolute Gasteiger partial charge is 0.259 e. The molecule has 8 heteroatoms. The van der Waals surface area contributed by atoms with Crippen molar-refractivity contribution in [2.45, 2.75) is 12.8 Å². The summed E-state index contributed by atoms with van der Waals surface area (Å²) in [7, 11) is 3.79. The molecule has 1 saturated heterocycles. The van der Waals surface area contributed by atoms with E-state index in [0.717, 1.165) is 25.9 Å². The van der Waals surface area contributed by atoms with E-state index in [1.54, 1.807) is 24.4 Å². The maximum Gasteiger partial charge on any atom is 0.259 e. The van der Waals surface area contributed by atoms with Crippen molar-refractivity contribution in [3.8, 4) is 11.5 Å². The Morgan fingerprint density at radius 2 is 1.96 bits per heavy atom. The number of carbonyl (C=O) groups excluding carboxylic acids is 1. The summed E-state index contributed by atoms with van der Waals surface area (Å²) in [5.41, 5.74) is 0.989. The van der Waals surface area contributed by atoms with Crippen LogP contribution in [0.15, 0.2) is 24.4 Å². The average molecular weight is 369 g/mol. The molecular formula is C19H23N5O3. The molecule has 27 heavy (non-hydrogen) atoms. The van der Waals surface area contributed by atoms with E-state index in [4.69, 9.17) is 9.47 Å². The van der Waals surface area contributed by atoms with Crippen molar-refractivity contribution in [2.24, 2.45) is 0 Å². The monoisotopic (exact) mass is 369 g/mol. The number of anilines is 3. The van der Waals surface area contributed by atoms with E-state index < -0.39 is 0 Å². The summed E-state index contributed by atoms with van der Waals surface area (Å²) in [6, 6.07) is 5.30. The molecule has 0 aliphatic carbocycles. The van der Waals surface area contributed by atoms with Gasteiger partial charge in [0.25, 0.3) is 5.91 Å². The standard InChI is InChI=1S/C19H23N5O3/c1-23(2)17-14(12-20-19(22-17)24-8-3-4-9-24)21-18(25)13-6-5-7-15-16(13)27-11-10-26-15/h5-7,12H,3-4,8-11H2,1-2H3,(H,21,25). The van der Waals surface area contributed by atoms with Crippen molar-refractivity contribution in [2.75, 3.05) is 55.5 Å². The molecular weight excluding hydrogens is 346 g/mol. The lowest BCUT2D eigenvalue weighted by atomic mass is 10.1. The molecule has 142 valence electrons. The Morgan fingerprint density at radius 1 is 1.19 bits per heavy atom. The van der Waals surface area contributed by atoms with Gasteiger partial charge in [-0.3, -0.25) is 4.79 Å². The summed E-state index contributed by atoms with van der Waals surface area (Å²) in [6.45, 7) is 2.83. The van der Waals surface area contributed by atoms with E-state index in [1.807, 2.05) is 19.0 Å². The van der Waals surface area contributed by atoms with E-state index in [2.05, 4.69) is 20.2 Å². The average Bonchev–Trinajstić information content (AvgIpc) is 3.22. The van der Waals surface area contributed by atoms with Gasteiger partial charge in [0.15, 0.2) is 17.3 Å². The first-order valence-corrected chi connectivity index (χ1v) is 9.13. The van der Waals surface area contributed by atoms with Crippen LogP contribution < -0.4 is 24.6 Å². The summed E-state index contributed by atoms with van der Waals surface area (Å²) in [5, 5.41) is 2.92. The van der Waals surface area contributed by atoms with Crippen LogP contribution >= 0.6 is 0 Å². The third-order valence-corrected chi connectivity index (χ3v) is 4.63. The summed E-state index contributed by atoms with van der Waals surface area (Å²) >= 11 is 0. The van der Waals surface area contributed by atoms with Crippen LogP contribution in [0.25, 0.3) is 0 Å². The fourth-order valence-corrected chi connectivity index (χ4v) is 3.30. The Balaban J connectivity index is 1.61. The van der Waals surface area contributed by atoms with Crippen LogP contribution in [0.1, 0.15) is 23.2 Å². The van der Waals surface area contributed by atoms with E-state index in [9.17, 15) is 4.79 Å². The Bertz CT molecular complexity index is 849. The van der Waals surface area contributed by atoms with Crippen molar-refractivity contribution in [1.82, 2.24) is 9.97 Å². The second-order valence-electron chi connectivity index (χ2n) is 6.78. The Labute approximate surface area is 158 Å². The number of amides is 1. The van der Waals surface area contributed by atoms with Gasteiger partial charge < -0.3 is 24.6 Å². The molecule has 0 saturated carbocycles. The van der Waals surface area contributed by atoms with Crippen molar-refractivity contribution < 1.29 is 14.3 Å². The third kappa shape index (κ3) is 3.47. The lowest BCUT2D eigenvalue weighted by Crippen LogP contribution is -2.24. The Morgan fingerprint density at radius 3 is 2.74 bits per heavy atom. The highest BCUT2D eigenvalue weighted by molar-refractivity contribution is 6.08. The molecule has 8 nitrogen and oxygen atoms in total. The quantitative estimate of drug-likeness (QED) is 0.885. The van der Waals surface area contributed by atoms with Crippen LogP contribution in [0, 0.1) is 0 Å². The number of para-hydroxylation sites is 1. The zero-order chi connectivity index (χ0) is 18.8. The molecule has 2 aliphatic heterocycles. The molecule has 2 aliphatic rings. The molecule has 1 amide bonds. The normalized spacial score (nSPS) is 15.6. The lowest BCUT2D eigenvalue weighted by molar-refractivity contribution is 0.101. The molecule has 1 aromatic carbocycles. The van der Waals surface area contributed by atoms with Gasteiger partial charge in [0.1, 0.15) is 18.9 Å². The van der Waals surface area contributed by atoms with Gasteiger partial charge in [-0.2, -0.15) is 4.98 Å². The molecule has 0 unspecified atom stereocenters. The minimum Gasteiger partial charge on any atom is -0.486 e. The number of nitrogens with one attached hydrogen (secondary N) is 1. The van der Waals surface area contributed by atoms with Gasteiger partial charge in [-0.15, -0.1) is 0 Å². The zero-order valence-electron chi connectivity index (χ0n) is 15.6. The SMILES string of the molecule is CN(C)c1nc(N2CCCC2)ncc1NC(=O)c1cccc2c1OCCO2. The van der Waals surface area contributed by atoms with Gasteiger partial charge in [0, 0.05) is 27.2 Å². The van der Waals surface area contributed by atoms with Gasteiger partial charge >= 0.3 is 0 Å². The van der Waals surface area contributed by atoms with Gasteiger partial charge in [-0.05, 0) is 25.0 Å². The Kier molecular flexibility index (Phi) is 4.70. The van der Waals surface area contributed by atoms with Gasteiger partial charge in [-0.1, -0.05) is 6.07 Å². The molecule has 1 fully saturated rings. The number of aromatic nitrogens is 2. The van der Waals surface area contributed by atoms with E-state index in [1.165, 1.54) is 0 Å². The summed E-state index contributed by atoms with van der Waals surface area (Å²) in [5.74, 6) is 2.15. The molecule has 2 aromatic rings. The number of rotatable bonds is 4. The molecule has 1 aromatic heterocycles. The topological polar surface area (TPSA) is 79.8 Å². The largest absolute Gasteiger partial charge is 0.486 e. The van der Waals surface area contributed by atoms with Crippen LogP contribution in [0.3, 0.4) is 0 Å². The number of hydrogen-bond donors (Lipinski definition) is 1. The Hall–Kier alpha value is -3.03. The first kappa shape index (κ1) is 17.4. The van der Waals surface area contributed by atoms with Crippen LogP contribution in [-0.2, 0) is 0 Å². The first-order chi connectivity index (χ1) is 13.1. The predicted molar refractivity (Wildman–Crippen MR) is 103 cm³/mol. The second kappa shape index (κ2) is 7.30. The van der Waals surface area contributed by atoms with Crippen molar-refractivity contribution in [1.29, 1.82) is 0 Å². The molecule has 1 N–H and O–H groups in total. The first-order valence-electron chi connectivity index (χ1n) is 9.13. The fraction of sp³-hybridized carbons (Fsp3) is 0.421. The van der Waals surface area contributed by atoms with Crippen molar-refractivity contribution in [3.63, 3.8) is 0 Å². The number of carbonyl (C=O) groups is 1. The van der Waals surface area contributed by atoms with Gasteiger partial charge in [0.2, 0.25) is 5.95 Å². The predicted octanol–water partition coefficient (Wildman–Crippen LogP) is 2.17. The highest BCUT2D eigenvalue weighted by atomic mass is 16.6. The summed E-state index contributed by atoms with van der Waals surface area (Å²) in [6.07, 6.45) is 3.97. The molecule has 4 rings (SSSR count). The number of nitrogens with zero attached hydrogens (tertiary/aromatic N) is 4. The third-order valence-electron chi connectivity index (χ3n) is 4.63. The maximum absolute atomic E-state index is 12.9. The fourth-order valence-electron chi connectivity index (χ4n) is 3.30. The van der Waals surface area contributed by atoms with Crippen molar-refractivity contribution >= 4 is 23.4 Å². The van der Waals surface area contributed by atoms with Crippen LogP contribution in [0.2, 0.25) is 0 Å².